The minimum atomic E-state index is -0.800. The average Bonchev–Trinajstić information content (AvgIpc) is 2.68. The molecule has 0 saturated carbocycles. The summed E-state index contributed by atoms with van der Waals surface area (Å²) < 4.78 is 11.5. The third-order valence-electron chi connectivity index (χ3n) is 5.01. The van der Waals surface area contributed by atoms with Crippen molar-refractivity contribution < 1.29 is 24.2 Å². The van der Waals surface area contributed by atoms with Gasteiger partial charge in [-0.3, -0.25) is 4.79 Å². The van der Waals surface area contributed by atoms with Gasteiger partial charge in [0, 0.05) is 24.7 Å². The van der Waals surface area contributed by atoms with Crippen molar-refractivity contribution in [2.45, 2.75) is 38.2 Å². The van der Waals surface area contributed by atoms with E-state index in [4.69, 9.17) is 26.2 Å². The molecule has 1 atom stereocenters. The molecule has 27 heavy (non-hydrogen) atoms. The first-order valence-electron chi connectivity index (χ1n) is 9.35. The Morgan fingerprint density at radius 2 is 2.04 bits per heavy atom. The van der Waals surface area contributed by atoms with Gasteiger partial charge < -0.3 is 24.8 Å². The van der Waals surface area contributed by atoms with Crippen LogP contribution in [0.5, 0.6) is 5.75 Å². The monoisotopic (exact) mass is 396 g/mol. The maximum Gasteiger partial charge on any atom is 0.321 e. The highest BCUT2D eigenvalue weighted by atomic mass is 35.5. The summed E-state index contributed by atoms with van der Waals surface area (Å²) in [7, 11) is 0. The van der Waals surface area contributed by atoms with Crippen LogP contribution in [0.1, 0.15) is 32.1 Å². The number of rotatable bonds is 5. The number of halogens is 1. The van der Waals surface area contributed by atoms with Crippen molar-refractivity contribution in [1.29, 1.82) is 0 Å². The zero-order chi connectivity index (χ0) is 19.2. The quantitative estimate of drug-likeness (QED) is 0.793. The number of likely N-dealkylation sites (tertiary alicyclic amines) is 1. The molecular weight excluding hydrogens is 372 g/mol. The van der Waals surface area contributed by atoms with Crippen molar-refractivity contribution in [2.75, 3.05) is 31.6 Å². The van der Waals surface area contributed by atoms with E-state index in [1.165, 1.54) is 0 Å². The molecule has 0 bridgehead atoms. The largest absolute Gasteiger partial charge is 0.489 e. The highest BCUT2D eigenvalue weighted by Gasteiger charge is 2.27. The molecule has 2 heterocycles. The summed E-state index contributed by atoms with van der Waals surface area (Å²) in [5, 5.41) is 12.4. The van der Waals surface area contributed by atoms with Gasteiger partial charge in [0.1, 0.15) is 12.4 Å². The lowest BCUT2D eigenvalue weighted by Crippen LogP contribution is -2.42. The number of benzene rings is 1. The molecule has 2 amide bonds. The lowest BCUT2D eigenvalue weighted by Gasteiger charge is -2.30. The van der Waals surface area contributed by atoms with Crippen molar-refractivity contribution in [3.8, 4) is 5.75 Å². The first kappa shape index (κ1) is 19.8. The summed E-state index contributed by atoms with van der Waals surface area (Å²) in [5.74, 6) is -0.637. The number of carboxylic acid groups (broad SMARTS) is 1. The molecular formula is C19H25ClN2O5. The van der Waals surface area contributed by atoms with Gasteiger partial charge >= 0.3 is 12.0 Å². The summed E-state index contributed by atoms with van der Waals surface area (Å²) in [4.78, 5) is 25.2. The summed E-state index contributed by atoms with van der Waals surface area (Å²) in [6.07, 6.45) is 4.16. The van der Waals surface area contributed by atoms with Crippen LogP contribution < -0.4 is 10.1 Å². The lowest BCUT2D eigenvalue weighted by atomic mass is 9.97. The average molecular weight is 397 g/mol. The molecule has 1 aromatic carbocycles. The Kier molecular flexibility index (Phi) is 6.79. The smallest absolute Gasteiger partial charge is 0.321 e. The highest BCUT2D eigenvalue weighted by Crippen LogP contribution is 2.29. The van der Waals surface area contributed by atoms with E-state index in [-0.39, 0.29) is 18.1 Å². The van der Waals surface area contributed by atoms with Crippen LogP contribution in [0.3, 0.4) is 0 Å². The number of ether oxygens (including phenoxy) is 2. The van der Waals surface area contributed by atoms with E-state index in [2.05, 4.69) is 5.32 Å². The number of hydrogen-bond acceptors (Lipinski definition) is 4. The lowest BCUT2D eigenvalue weighted by molar-refractivity contribution is -0.143. The molecule has 0 radical (unpaired) electrons. The minimum Gasteiger partial charge on any atom is -0.489 e. The van der Waals surface area contributed by atoms with Gasteiger partial charge in [-0.05, 0) is 50.3 Å². The molecule has 0 spiro atoms. The number of amides is 2. The number of carbonyl (C=O) groups excluding carboxylic acids is 1. The highest BCUT2D eigenvalue weighted by molar-refractivity contribution is 6.31. The molecule has 8 heteroatoms. The first-order valence-corrected chi connectivity index (χ1v) is 9.73. The number of urea groups is 1. The standard InChI is InChI=1S/C19H25ClN2O5/c20-14-4-5-17(27-12-15-3-1-2-10-26-15)16(11-14)21-19(25)22-8-6-13(7-9-22)18(23)24/h4-5,11,13,15H,1-3,6-10,12H2,(H,21,25)(H,23,24). The number of piperidine rings is 1. The van der Waals surface area contributed by atoms with Crippen LogP contribution in [0.2, 0.25) is 5.02 Å². The van der Waals surface area contributed by atoms with E-state index < -0.39 is 5.97 Å². The fourth-order valence-electron chi connectivity index (χ4n) is 3.37. The Balaban J connectivity index is 1.59. The van der Waals surface area contributed by atoms with Gasteiger partial charge in [-0.25, -0.2) is 4.79 Å². The molecule has 2 fully saturated rings. The predicted octanol–water partition coefficient (Wildman–Crippen LogP) is 3.62. The Bertz CT molecular complexity index is 670. The normalized spacial score (nSPS) is 20.9. The Morgan fingerprint density at radius 1 is 1.26 bits per heavy atom. The van der Waals surface area contributed by atoms with Crippen LogP contribution in [0, 0.1) is 5.92 Å². The van der Waals surface area contributed by atoms with Crippen molar-refractivity contribution in [1.82, 2.24) is 4.90 Å². The third-order valence-corrected chi connectivity index (χ3v) is 5.25. The van der Waals surface area contributed by atoms with E-state index in [0.717, 1.165) is 25.9 Å². The molecule has 0 aliphatic carbocycles. The van der Waals surface area contributed by atoms with Crippen molar-refractivity contribution in [3.05, 3.63) is 23.2 Å². The van der Waals surface area contributed by atoms with Gasteiger partial charge in [-0.15, -0.1) is 0 Å². The summed E-state index contributed by atoms with van der Waals surface area (Å²) >= 11 is 6.08. The van der Waals surface area contributed by atoms with E-state index in [1.54, 1.807) is 23.1 Å². The maximum atomic E-state index is 12.6. The van der Waals surface area contributed by atoms with Crippen LogP contribution in [-0.4, -0.2) is 54.4 Å². The second-order valence-electron chi connectivity index (χ2n) is 6.97. The Morgan fingerprint density at radius 3 is 2.70 bits per heavy atom. The van der Waals surface area contributed by atoms with E-state index in [1.807, 2.05) is 0 Å². The van der Waals surface area contributed by atoms with Crippen LogP contribution in [-0.2, 0) is 9.53 Å². The van der Waals surface area contributed by atoms with Crippen molar-refractivity contribution in [2.24, 2.45) is 5.92 Å². The number of nitrogens with one attached hydrogen (secondary N) is 1. The zero-order valence-electron chi connectivity index (χ0n) is 15.2. The summed E-state index contributed by atoms with van der Waals surface area (Å²) in [6.45, 7) is 2.00. The van der Waals surface area contributed by atoms with Crippen LogP contribution in [0.25, 0.3) is 0 Å². The number of hydrogen-bond donors (Lipinski definition) is 2. The minimum absolute atomic E-state index is 0.0630. The van der Waals surface area contributed by atoms with E-state index >= 15 is 0 Å². The molecule has 2 saturated heterocycles. The number of nitrogens with zero attached hydrogens (tertiary/aromatic N) is 1. The molecule has 148 valence electrons. The fourth-order valence-corrected chi connectivity index (χ4v) is 3.54. The van der Waals surface area contributed by atoms with E-state index in [0.29, 0.717) is 49.0 Å². The van der Waals surface area contributed by atoms with Gasteiger partial charge in [-0.2, -0.15) is 0 Å². The number of carbonyl (C=O) groups is 2. The van der Waals surface area contributed by atoms with E-state index in [9.17, 15) is 9.59 Å². The van der Waals surface area contributed by atoms with Crippen molar-refractivity contribution in [3.63, 3.8) is 0 Å². The SMILES string of the molecule is O=C(O)C1CCN(C(=O)Nc2cc(Cl)ccc2OCC2CCCCO2)CC1. The van der Waals surface area contributed by atoms with Crippen LogP contribution in [0.15, 0.2) is 18.2 Å². The number of carboxylic acids is 1. The molecule has 1 unspecified atom stereocenters. The molecule has 1 aromatic rings. The summed E-state index contributed by atoms with van der Waals surface area (Å²) in [6, 6.07) is 4.82. The predicted molar refractivity (Wildman–Crippen MR) is 101 cm³/mol. The molecule has 2 aliphatic heterocycles. The Hall–Kier alpha value is -1.99. The van der Waals surface area contributed by atoms with Gasteiger partial charge in [0.2, 0.25) is 0 Å². The zero-order valence-corrected chi connectivity index (χ0v) is 15.9. The topological polar surface area (TPSA) is 88.1 Å². The first-order chi connectivity index (χ1) is 13.0. The van der Waals surface area contributed by atoms with Gasteiger partial charge in [0.05, 0.1) is 17.7 Å². The maximum absolute atomic E-state index is 12.6. The Labute approximate surface area is 163 Å². The fraction of sp³-hybridized carbons (Fsp3) is 0.579. The molecule has 2 aliphatic rings. The second kappa shape index (κ2) is 9.28. The molecule has 2 N–H and O–H groups in total. The molecule has 3 rings (SSSR count). The molecule has 7 nitrogen and oxygen atoms in total. The summed E-state index contributed by atoms with van der Waals surface area (Å²) in [5.41, 5.74) is 0.503. The number of anilines is 1. The van der Waals surface area contributed by atoms with Crippen LogP contribution in [0.4, 0.5) is 10.5 Å². The molecule has 0 aromatic heterocycles. The van der Waals surface area contributed by atoms with Gasteiger partial charge in [-0.1, -0.05) is 11.6 Å². The van der Waals surface area contributed by atoms with Crippen LogP contribution >= 0.6 is 11.6 Å². The second-order valence-corrected chi connectivity index (χ2v) is 7.41. The van der Waals surface area contributed by atoms with Crippen molar-refractivity contribution >= 4 is 29.3 Å². The van der Waals surface area contributed by atoms with Gasteiger partial charge in [0.15, 0.2) is 0 Å². The third kappa shape index (κ3) is 5.49. The number of aliphatic carboxylic acids is 1. The van der Waals surface area contributed by atoms with Gasteiger partial charge in [0.25, 0.3) is 0 Å².